The van der Waals surface area contributed by atoms with Gasteiger partial charge in [0.15, 0.2) is 0 Å². The number of aromatic nitrogens is 1. The topological polar surface area (TPSA) is 84.7 Å². The molecule has 7 heteroatoms. The summed E-state index contributed by atoms with van der Waals surface area (Å²) < 4.78 is 10.3. The molecule has 2 aromatic rings. The van der Waals surface area contributed by atoms with Crippen LogP contribution in [0.1, 0.15) is 35.9 Å². The fraction of sp³-hybridized carbons (Fsp3) is 0.389. The summed E-state index contributed by atoms with van der Waals surface area (Å²) in [6, 6.07) is 6.76. The number of ether oxygens (including phenoxy) is 1. The molecule has 0 unspecified atom stereocenters. The maximum atomic E-state index is 13.1. The van der Waals surface area contributed by atoms with Gasteiger partial charge in [-0.2, -0.15) is 0 Å². The molecule has 7 nitrogen and oxygen atoms in total. The van der Waals surface area contributed by atoms with E-state index in [0.717, 1.165) is 11.1 Å². The molecular weight excluding hydrogens is 322 g/mol. The van der Waals surface area contributed by atoms with Crippen LogP contribution in [-0.2, 0) is 16.9 Å². The zero-order chi connectivity index (χ0) is 18.2. The summed E-state index contributed by atoms with van der Waals surface area (Å²) in [6.07, 6.45) is 0.446. The van der Waals surface area contributed by atoms with Gasteiger partial charge in [-0.3, -0.25) is 9.69 Å². The number of hydrogen-bond acceptors (Lipinski definition) is 5. The minimum absolute atomic E-state index is 0.143. The van der Waals surface area contributed by atoms with Gasteiger partial charge < -0.3 is 14.6 Å². The summed E-state index contributed by atoms with van der Waals surface area (Å²) in [5.74, 6) is 1.03. The Hall–Kier alpha value is -2.83. The number of methoxy groups -OCH3 is 1. The molecule has 2 heterocycles. The number of benzene rings is 1. The highest BCUT2D eigenvalue weighted by Crippen LogP contribution is 2.34. The van der Waals surface area contributed by atoms with E-state index in [1.807, 2.05) is 6.92 Å². The summed E-state index contributed by atoms with van der Waals surface area (Å²) in [5.41, 5.74) is 1.10. The fourth-order valence-electron chi connectivity index (χ4n) is 3.17. The number of nitrogens with zero attached hydrogens (tertiary/aromatic N) is 2. The molecule has 0 spiro atoms. The van der Waals surface area contributed by atoms with Gasteiger partial charge in [-0.25, -0.2) is 4.79 Å². The van der Waals surface area contributed by atoms with Crippen molar-refractivity contribution in [2.45, 2.75) is 39.3 Å². The Bertz CT molecular complexity index is 793. The molecule has 0 bridgehead atoms. The average molecular weight is 343 g/mol. The molecule has 1 N–H and O–H groups in total. The van der Waals surface area contributed by atoms with Crippen LogP contribution in [0, 0.1) is 13.8 Å². The number of urea groups is 1. The monoisotopic (exact) mass is 343 g/mol. The Labute approximate surface area is 145 Å². The lowest BCUT2D eigenvalue weighted by atomic mass is 9.87. The average Bonchev–Trinajstić information content (AvgIpc) is 3.07. The first-order valence-electron chi connectivity index (χ1n) is 8.13. The van der Waals surface area contributed by atoms with E-state index in [1.165, 1.54) is 4.90 Å². The summed E-state index contributed by atoms with van der Waals surface area (Å²) in [6.45, 7) is 5.58. The predicted octanol–water partition coefficient (Wildman–Crippen LogP) is 2.66. The third-order valence-corrected chi connectivity index (χ3v) is 4.79. The second-order valence-electron chi connectivity index (χ2n) is 6.11. The Morgan fingerprint density at radius 2 is 1.92 bits per heavy atom. The molecule has 1 aliphatic rings. The van der Waals surface area contributed by atoms with E-state index in [1.54, 1.807) is 45.2 Å². The van der Waals surface area contributed by atoms with E-state index < -0.39 is 11.6 Å². The molecule has 132 valence electrons. The van der Waals surface area contributed by atoms with E-state index in [2.05, 4.69) is 10.5 Å². The number of rotatable bonds is 5. The third kappa shape index (κ3) is 2.65. The van der Waals surface area contributed by atoms with E-state index >= 15 is 0 Å². The van der Waals surface area contributed by atoms with Gasteiger partial charge in [0.25, 0.3) is 5.91 Å². The first-order chi connectivity index (χ1) is 11.9. The number of carbonyl (C=O) groups is 2. The van der Waals surface area contributed by atoms with Gasteiger partial charge in [0, 0.05) is 5.56 Å². The molecule has 25 heavy (non-hydrogen) atoms. The van der Waals surface area contributed by atoms with Crippen LogP contribution in [-0.4, -0.2) is 29.1 Å². The van der Waals surface area contributed by atoms with Crippen molar-refractivity contribution in [2.75, 3.05) is 7.11 Å². The molecule has 1 aromatic carbocycles. The number of carbonyl (C=O) groups excluding carboxylic acids is 2. The molecule has 1 aromatic heterocycles. The minimum atomic E-state index is -1.07. The second-order valence-corrected chi connectivity index (χ2v) is 6.11. The molecule has 3 amide bonds. The van der Waals surface area contributed by atoms with Crippen molar-refractivity contribution < 1.29 is 18.8 Å². The maximum absolute atomic E-state index is 13.1. The van der Waals surface area contributed by atoms with Crippen molar-refractivity contribution >= 4 is 11.9 Å². The molecule has 1 aliphatic heterocycles. The van der Waals surface area contributed by atoms with Crippen molar-refractivity contribution in [1.82, 2.24) is 15.4 Å². The highest BCUT2D eigenvalue weighted by molar-refractivity contribution is 6.07. The van der Waals surface area contributed by atoms with Crippen LogP contribution in [0.2, 0.25) is 0 Å². The summed E-state index contributed by atoms with van der Waals surface area (Å²) in [7, 11) is 1.58. The van der Waals surface area contributed by atoms with Gasteiger partial charge >= 0.3 is 6.03 Å². The van der Waals surface area contributed by atoms with Crippen LogP contribution in [0.3, 0.4) is 0 Å². The van der Waals surface area contributed by atoms with Crippen LogP contribution < -0.4 is 10.1 Å². The van der Waals surface area contributed by atoms with Gasteiger partial charge in [-0.05, 0) is 38.0 Å². The molecular formula is C18H21N3O4. The van der Waals surface area contributed by atoms with Gasteiger partial charge in [0.1, 0.15) is 17.0 Å². The minimum Gasteiger partial charge on any atom is -0.497 e. The standard InChI is InChI=1S/C18H21N3O4/c1-5-18(13-6-8-14(24-4)9-7-13)16(22)21(17(23)19-18)10-15-11(2)20-25-12(15)3/h6-9H,5,10H2,1-4H3,(H,19,23)/t18-/m0/s1. The number of imide groups is 1. The first kappa shape index (κ1) is 17.0. The zero-order valence-electron chi connectivity index (χ0n) is 14.8. The number of nitrogens with one attached hydrogen (secondary N) is 1. The SMILES string of the molecule is CC[C@@]1(c2ccc(OC)cc2)NC(=O)N(Cc2c(C)noc2C)C1=O. The van der Waals surface area contributed by atoms with Crippen LogP contribution in [0.15, 0.2) is 28.8 Å². The molecule has 1 atom stereocenters. The van der Waals surface area contributed by atoms with E-state index in [-0.39, 0.29) is 12.5 Å². The molecule has 3 rings (SSSR count). The highest BCUT2D eigenvalue weighted by atomic mass is 16.5. The highest BCUT2D eigenvalue weighted by Gasteiger charge is 2.51. The largest absolute Gasteiger partial charge is 0.497 e. The fourth-order valence-corrected chi connectivity index (χ4v) is 3.17. The molecule has 0 saturated carbocycles. The van der Waals surface area contributed by atoms with E-state index in [9.17, 15) is 9.59 Å². The third-order valence-electron chi connectivity index (χ3n) is 4.79. The van der Waals surface area contributed by atoms with Crippen molar-refractivity contribution in [3.8, 4) is 5.75 Å². The Balaban J connectivity index is 1.94. The molecule has 0 radical (unpaired) electrons. The van der Waals surface area contributed by atoms with Crippen molar-refractivity contribution in [1.29, 1.82) is 0 Å². The molecule has 0 aliphatic carbocycles. The van der Waals surface area contributed by atoms with Crippen LogP contribution in [0.25, 0.3) is 0 Å². The molecule has 1 saturated heterocycles. The van der Waals surface area contributed by atoms with E-state index in [0.29, 0.717) is 23.6 Å². The number of amides is 3. The van der Waals surface area contributed by atoms with Crippen molar-refractivity contribution in [2.24, 2.45) is 0 Å². The second kappa shape index (κ2) is 6.23. The van der Waals surface area contributed by atoms with Gasteiger partial charge in [0.2, 0.25) is 0 Å². The molecule has 1 fully saturated rings. The van der Waals surface area contributed by atoms with E-state index in [4.69, 9.17) is 9.26 Å². The van der Waals surface area contributed by atoms with Gasteiger partial charge in [-0.1, -0.05) is 24.2 Å². The Morgan fingerprint density at radius 1 is 1.24 bits per heavy atom. The summed E-state index contributed by atoms with van der Waals surface area (Å²) >= 11 is 0. The number of aryl methyl sites for hydroxylation is 2. The zero-order valence-corrected chi connectivity index (χ0v) is 14.8. The lowest BCUT2D eigenvalue weighted by molar-refractivity contribution is -0.132. The predicted molar refractivity (Wildman–Crippen MR) is 90.0 cm³/mol. The summed E-state index contributed by atoms with van der Waals surface area (Å²) in [5, 5.41) is 6.75. The van der Waals surface area contributed by atoms with Crippen molar-refractivity contribution in [3.05, 3.63) is 46.8 Å². The van der Waals surface area contributed by atoms with Crippen LogP contribution in [0.4, 0.5) is 4.79 Å². The van der Waals surface area contributed by atoms with Crippen LogP contribution in [0.5, 0.6) is 5.75 Å². The van der Waals surface area contributed by atoms with Gasteiger partial charge in [-0.15, -0.1) is 0 Å². The normalized spacial score (nSPS) is 20.1. The Morgan fingerprint density at radius 3 is 2.44 bits per heavy atom. The Kier molecular flexibility index (Phi) is 4.24. The smallest absolute Gasteiger partial charge is 0.325 e. The van der Waals surface area contributed by atoms with Crippen molar-refractivity contribution in [3.63, 3.8) is 0 Å². The summed E-state index contributed by atoms with van der Waals surface area (Å²) in [4.78, 5) is 26.9. The van der Waals surface area contributed by atoms with Crippen LogP contribution >= 0.6 is 0 Å². The first-order valence-corrected chi connectivity index (χ1v) is 8.13. The lowest BCUT2D eigenvalue weighted by Crippen LogP contribution is -2.43. The van der Waals surface area contributed by atoms with Gasteiger partial charge in [0.05, 0.1) is 19.3 Å². The lowest BCUT2D eigenvalue weighted by Gasteiger charge is -2.26. The maximum Gasteiger partial charge on any atom is 0.325 e. The number of hydrogen-bond donors (Lipinski definition) is 1. The quantitative estimate of drug-likeness (QED) is 0.844.